The number of nitrogens with zero attached hydrogens (tertiary/aromatic N) is 2. The number of aliphatic hydroxyl groups is 1. The van der Waals surface area contributed by atoms with Crippen LogP contribution in [-0.2, 0) is 35.0 Å². The van der Waals surface area contributed by atoms with E-state index in [2.05, 4.69) is 17.9 Å². The number of allylic oxidation sites excluding steroid dienone is 3. The first-order chi connectivity index (χ1) is 22.9. The third-order valence-electron chi connectivity index (χ3n) is 9.99. The number of hydrogen-bond donors (Lipinski definition) is 3. The van der Waals surface area contributed by atoms with Gasteiger partial charge in [0.25, 0.3) is 0 Å². The van der Waals surface area contributed by atoms with Gasteiger partial charge < -0.3 is 33.9 Å². The number of ether oxygens (including phenoxy) is 4. The summed E-state index contributed by atoms with van der Waals surface area (Å²) in [6, 6.07) is 2.65. The van der Waals surface area contributed by atoms with Gasteiger partial charge in [-0.1, -0.05) is 49.2 Å². The van der Waals surface area contributed by atoms with Crippen LogP contribution >= 0.6 is 24.2 Å². The van der Waals surface area contributed by atoms with E-state index in [0.29, 0.717) is 23.6 Å². The molecule has 1 aromatic carbocycles. The first-order valence-corrected chi connectivity index (χ1v) is 17.4. The van der Waals surface area contributed by atoms with Crippen LogP contribution in [0.3, 0.4) is 0 Å². The number of rotatable bonds is 6. The standard InChI is InChI=1S/C35H48ClN3O9S/c1-19-10-9-11-20(2)35(44)18-26(46-33(43)37-35)21(3)31-34(5,48-31)27(47-32(42)22(4)38(6)28(40)12-13-49)17-29(41)39(7)24-15-23(14-19)16-25(45-8)30(24)36/h9-11,15-16,20-22,26-27,31,44,49H,12-14,17-18H2,1-8H3,(H,37,43). The molecule has 3 aliphatic heterocycles. The number of nitrogens with one attached hydrogen (secondary N) is 1. The lowest BCUT2D eigenvalue weighted by Gasteiger charge is -2.41. The molecule has 2 N–H and O–H groups in total. The highest BCUT2D eigenvalue weighted by Gasteiger charge is 2.64. The van der Waals surface area contributed by atoms with E-state index in [1.165, 1.54) is 24.0 Å². The van der Waals surface area contributed by atoms with Gasteiger partial charge in [0.2, 0.25) is 11.8 Å². The van der Waals surface area contributed by atoms with Crippen LogP contribution in [0.15, 0.2) is 35.9 Å². The summed E-state index contributed by atoms with van der Waals surface area (Å²) >= 11 is 10.8. The number of carbonyl (C=O) groups is 4. The molecular formula is C35H48ClN3O9S. The maximum Gasteiger partial charge on any atom is 0.409 e. The lowest BCUT2D eigenvalue weighted by atomic mass is 9.82. The lowest BCUT2D eigenvalue weighted by molar-refractivity contribution is -0.161. The minimum atomic E-state index is -1.61. The normalized spacial score (nSPS) is 31.0. The van der Waals surface area contributed by atoms with E-state index in [1.54, 1.807) is 33.9 Å². The van der Waals surface area contributed by atoms with Gasteiger partial charge in [0.05, 0.1) is 25.3 Å². The van der Waals surface area contributed by atoms with Crippen LogP contribution in [0.25, 0.3) is 0 Å². The highest BCUT2D eigenvalue weighted by molar-refractivity contribution is 7.80. The maximum atomic E-state index is 14.0. The smallest absolute Gasteiger partial charge is 0.409 e. The predicted molar refractivity (Wildman–Crippen MR) is 188 cm³/mol. The molecule has 3 amide bonds. The zero-order chi connectivity index (χ0) is 36.4. The van der Waals surface area contributed by atoms with Crippen LogP contribution in [0.1, 0.15) is 59.4 Å². The molecule has 3 aliphatic rings. The number of fused-ring (bicyclic) bond motifs is 5. The number of methoxy groups -OCH3 is 1. The fourth-order valence-electron chi connectivity index (χ4n) is 6.39. The Morgan fingerprint density at radius 3 is 2.63 bits per heavy atom. The number of alkyl carbamates (subject to hydrolysis) is 1. The molecule has 8 unspecified atom stereocenters. The number of epoxide rings is 1. The highest BCUT2D eigenvalue weighted by atomic mass is 35.5. The summed E-state index contributed by atoms with van der Waals surface area (Å²) < 4.78 is 23.4. The fourth-order valence-corrected chi connectivity index (χ4v) is 6.90. The van der Waals surface area contributed by atoms with Crippen LogP contribution in [0.4, 0.5) is 10.5 Å². The van der Waals surface area contributed by atoms with Gasteiger partial charge >= 0.3 is 12.1 Å². The number of esters is 1. The molecule has 0 saturated carbocycles. The van der Waals surface area contributed by atoms with Gasteiger partial charge in [-0.2, -0.15) is 12.6 Å². The van der Waals surface area contributed by atoms with Gasteiger partial charge in [0, 0.05) is 38.8 Å². The molecule has 3 heterocycles. The highest BCUT2D eigenvalue weighted by Crippen LogP contribution is 2.49. The molecule has 12 nitrogen and oxygen atoms in total. The second-order valence-electron chi connectivity index (χ2n) is 13.5. The Bertz CT molecular complexity index is 1520. The number of carbonyl (C=O) groups excluding carboxylic acids is 4. The van der Waals surface area contributed by atoms with E-state index in [1.807, 2.05) is 38.1 Å². The van der Waals surface area contributed by atoms with E-state index in [9.17, 15) is 24.3 Å². The summed E-state index contributed by atoms with van der Waals surface area (Å²) in [5, 5.41) is 14.4. The van der Waals surface area contributed by atoms with Gasteiger partial charge in [0.1, 0.15) is 40.3 Å². The van der Waals surface area contributed by atoms with Crippen molar-refractivity contribution in [3.63, 3.8) is 0 Å². The summed E-state index contributed by atoms with van der Waals surface area (Å²) in [6.45, 7) is 8.86. The molecule has 49 heavy (non-hydrogen) atoms. The van der Waals surface area contributed by atoms with Gasteiger partial charge in [-0.25, -0.2) is 9.59 Å². The largest absolute Gasteiger partial charge is 0.495 e. The summed E-state index contributed by atoms with van der Waals surface area (Å²) in [4.78, 5) is 55.5. The van der Waals surface area contributed by atoms with Crippen LogP contribution in [0, 0.1) is 11.8 Å². The summed E-state index contributed by atoms with van der Waals surface area (Å²) in [5.41, 5.74) is -0.563. The minimum Gasteiger partial charge on any atom is -0.495 e. The molecular weight excluding hydrogens is 674 g/mol. The third-order valence-corrected chi connectivity index (χ3v) is 10.6. The van der Waals surface area contributed by atoms with Crippen molar-refractivity contribution in [1.29, 1.82) is 0 Å². The minimum absolute atomic E-state index is 0.0649. The number of anilines is 1. The number of hydrogen-bond acceptors (Lipinski definition) is 10. The molecule has 8 atom stereocenters. The van der Waals surface area contributed by atoms with Crippen LogP contribution in [0.5, 0.6) is 5.75 Å². The summed E-state index contributed by atoms with van der Waals surface area (Å²) in [6.07, 6.45) is 2.73. The van der Waals surface area contributed by atoms with Crippen LogP contribution in [0.2, 0.25) is 5.02 Å². The zero-order valence-corrected chi connectivity index (χ0v) is 31.0. The molecule has 4 bridgehead atoms. The van der Waals surface area contributed by atoms with Crippen molar-refractivity contribution in [2.45, 2.75) is 96.0 Å². The molecule has 270 valence electrons. The quantitative estimate of drug-likeness (QED) is 0.220. The number of halogens is 1. The van der Waals surface area contributed by atoms with Crippen LogP contribution in [-0.4, -0.2) is 96.5 Å². The topological polar surface area (TPSA) is 147 Å². The Labute approximate surface area is 298 Å². The Morgan fingerprint density at radius 2 is 1.98 bits per heavy atom. The van der Waals surface area contributed by atoms with E-state index < -0.39 is 65.5 Å². The first-order valence-electron chi connectivity index (χ1n) is 16.4. The lowest BCUT2D eigenvalue weighted by Crippen LogP contribution is -2.60. The van der Waals surface area contributed by atoms with E-state index >= 15 is 0 Å². The van der Waals surface area contributed by atoms with E-state index in [0.717, 1.165) is 11.1 Å². The second-order valence-corrected chi connectivity index (χ2v) is 14.3. The molecule has 2 fully saturated rings. The molecule has 0 aromatic heterocycles. The van der Waals surface area contributed by atoms with Crippen molar-refractivity contribution in [1.82, 2.24) is 10.2 Å². The van der Waals surface area contributed by atoms with Gasteiger partial charge in [-0.3, -0.25) is 14.9 Å². The van der Waals surface area contributed by atoms with Crippen molar-refractivity contribution < 1.29 is 43.2 Å². The fraction of sp³-hybridized carbons (Fsp3) is 0.600. The maximum absolute atomic E-state index is 14.0. The molecule has 2 saturated heterocycles. The average molecular weight is 722 g/mol. The first kappa shape index (κ1) is 38.5. The van der Waals surface area contributed by atoms with Crippen molar-refractivity contribution in [3.05, 3.63) is 46.5 Å². The van der Waals surface area contributed by atoms with E-state index in [-0.39, 0.29) is 30.2 Å². The summed E-state index contributed by atoms with van der Waals surface area (Å²) in [5.74, 6) is -1.67. The summed E-state index contributed by atoms with van der Waals surface area (Å²) in [7, 11) is 4.58. The molecule has 1 aromatic rings. The number of likely N-dealkylation sites (N-methyl/N-ethyl adjacent to an activating group) is 1. The van der Waals surface area contributed by atoms with Crippen LogP contribution < -0.4 is 15.0 Å². The molecule has 0 radical (unpaired) electrons. The van der Waals surface area contributed by atoms with Crippen molar-refractivity contribution in [3.8, 4) is 5.75 Å². The predicted octanol–water partition coefficient (Wildman–Crippen LogP) is 4.46. The van der Waals surface area contributed by atoms with Gasteiger partial charge in [-0.05, 0) is 50.6 Å². The Kier molecular flexibility index (Phi) is 12.1. The van der Waals surface area contributed by atoms with E-state index in [4.69, 9.17) is 30.5 Å². The van der Waals surface area contributed by atoms with Crippen molar-refractivity contribution in [2.24, 2.45) is 11.8 Å². The second kappa shape index (κ2) is 15.3. The van der Waals surface area contributed by atoms with Gasteiger partial charge in [-0.15, -0.1) is 0 Å². The van der Waals surface area contributed by atoms with Crippen molar-refractivity contribution >= 4 is 53.8 Å². The average Bonchev–Trinajstić information content (AvgIpc) is 3.74. The number of benzene rings is 1. The van der Waals surface area contributed by atoms with Gasteiger partial charge in [0.15, 0.2) is 0 Å². The number of thiol groups is 1. The molecule has 4 rings (SSSR count). The third kappa shape index (κ3) is 8.38. The molecule has 0 aliphatic carbocycles. The Morgan fingerprint density at radius 1 is 1.29 bits per heavy atom. The molecule has 0 spiro atoms. The molecule has 14 heteroatoms. The SMILES string of the molecule is COc1cc2cc(c1Cl)N(C)C(=O)CC(OC(=O)C(C)N(C)C(=O)CCS)C1(C)OC1C(C)C1CC(O)(NC(=O)O1)C(C)C=CC=C(C)C2. The Balaban J connectivity index is 1.76. The zero-order valence-electron chi connectivity index (χ0n) is 29.3. The number of amides is 3. The monoisotopic (exact) mass is 721 g/mol. The van der Waals surface area contributed by atoms with Crippen molar-refractivity contribution in [2.75, 3.05) is 31.9 Å². The Hall–Kier alpha value is -3.26.